The molecule has 1 aromatic carbocycles. The van der Waals surface area contributed by atoms with E-state index < -0.39 is 17.8 Å². The van der Waals surface area contributed by atoms with Gasteiger partial charge < -0.3 is 14.6 Å². The number of aliphatic hydroxyl groups is 1. The van der Waals surface area contributed by atoms with E-state index in [1.165, 1.54) is 12.3 Å². The van der Waals surface area contributed by atoms with Crippen LogP contribution in [0, 0.1) is 0 Å². The minimum Gasteiger partial charge on any atom is -0.491 e. The topological polar surface area (TPSA) is 70.6 Å². The first-order valence-electron chi connectivity index (χ1n) is 9.11. The van der Waals surface area contributed by atoms with Gasteiger partial charge in [0, 0.05) is 31.4 Å². The number of morpholine rings is 1. The number of hydrogen-bond donors (Lipinski definition) is 2. The maximum atomic E-state index is 13.2. The predicted molar refractivity (Wildman–Crippen MR) is 97.0 cm³/mol. The number of aliphatic hydroxyl groups excluding tert-OH is 1. The molecule has 154 valence electrons. The van der Waals surface area contributed by atoms with E-state index in [9.17, 15) is 18.3 Å². The Morgan fingerprint density at radius 2 is 2.00 bits per heavy atom. The Bertz CT molecular complexity index is 758. The van der Waals surface area contributed by atoms with Crippen molar-refractivity contribution >= 4 is 0 Å². The highest BCUT2D eigenvalue weighted by molar-refractivity contribution is 5.62. The van der Waals surface area contributed by atoms with Crippen molar-refractivity contribution in [1.82, 2.24) is 15.1 Å². The highest BCUT2D eigenvalue weighted by Crippen LogP contribution is 2.35. The van der Waals surface area contributed by atoms with E-state index in [0.717, 1.165) is 12.1 Å². The summed E-state index contributed by atoms with van der Waals surface area (Å²) in [6, 6.07) is 5.04. The number of ether oxygens (including phenoxy) is 2. The summed E-state index contributed by atoms with van der Waals surface area (Å²) in [7, 11) is 0. The molecule has 2 N–H and O–H groups in total. The number of aromatic amines is 1. The lowest BCUT2D eigenvalue weighted by Crippen LogP contribution is -2.48. The van der Waals surface area contributed by atoms with Gasteiger partial charge in [-0.3, -0.25) is 10.00 Å². The third kappa shape index (κ3) is 5.46. The van der Waals surface area contributed by atoms with E-state index in [0.29, 0.717) is 30.9 Å². The Labute approximate surface area is 161 Å². The number of nitrogens with zero attached hydrogens (tertiary/aromatic N) is 2. The van der Waals surface area contributed by atoms with Gasteiger partial charge in [-0.25, -0.2) is 0 Å². The fraction of sp³-hybridized carbons (Fsp3) is 0.526. The van der Waals surface area contributed by atoms with Gasteiger partial charge >= 0.3 is 6.18 Å². The zero-order valence-electron chi connectivity index (χ0n) is 15.7. The first-order chi connectivity index (χ1) is 13.2. The molecule has 0 bridgehead atoms. The second-order valence-electron chi connectivity index (χ2n) is 7.15. The van der Waals surface area contributed by atoms with Gasteiger partial charge in [0.15, 0.2) is 0 Å². The third-order valence-corrected chi connectivity index (χ3v) is 4.45. The number of H-pyrrole nitrogens is 1. The van der Waals surface area contributed by atoms with E-state index in [1.54, 1.807) is 6.07 Å². The van der Waals surface area contributed by atoms with Crippen LogP contribution < -0.4 is 4.74 Å². The maximum Gasteiger partial charge on any atom is 0.416 e. The van der Waals surface area contributed by atoms with E-state index in [1.807, 2.05) is 13.8 Å². The fourth-order valence-corrected chi connectivity index (χ4v) is 3.39. The number of halogens is 3. The molecule has 1 aromatic heterocycles. The van der Waals surface area contributed by atoms with Gasteiger partial charge in [-0.2, -0.15) is 18.3 Å². The summed E-state index contributed by atoms with van der Waals surface area (Å²) in [6.07, 6.45) is -3.74. The van der Waals surface area contributed by atoms with Crippen LogP contribution in [0.1, 0.15) is 19.4 Å². The molecule has 2 heterocycles. The second-order valence-corrected chi connectivity index (χ2v) is 7.15. The normalized spacial score (nSPS) is 22.2. The molecule has 0 spiro atoms. The summed E-state index contributed by atoms with van der Waals surface area (Å²) in [5.74, 6) is 0.0437. The lowest BCUT2D eigenvalue weighted by atomic mass is 10.1. The zero-order valence-corrected chi connectivity index (χ0v) is 15.7. The highest BCUT2D eigenvalue weighted by atomic mass is 19.4. The van der Waals surface area contributed by atoms with Crippen molar-refractivity contribution in [2.45, 2.75) is 38.3 Å². The van der Waals surface area contributed by atoms with Crippen molar-refractivity contribution in [3.05, 3.63) is 36.0 Å². The molecule has 1 saturated heterocycles. The van der Waals surface area contributed by atoms with Crippen LogP contribution in [0.25, 0.3) is 11.3 Å². The summed E-state index contributed by atoms with van der Waals surface area (Å²) in [6.45, 7) is 5.56. The molecule has 3 rings (SSSR count). The number of rotatable bonds is 6. The van der Waals surface area contributed by atoms with Gasteiger partial charge in [-0.15, -0.1) is 0 Å². The monoisotopic (exact) mass is 399 g/mol. The molecule has 1 aliphatic rings. The third-order valence-electron chi connectivity index (χ3n) is 4.45. The minimum absolute atomic E-state index is 0.0437. The molecule has 3 atom stereocenters. The van der Waals surface area contributed by atoms with Crippen LogP contribution in [0.15, 0.2) is 30.5 Å². The molecule has 6 nitrogen and oxygen atoms in total. The molecule has 0 saturated carbocycles. The standard InChI is InChI=1S/C19H24F3N3O3/c1-12-8-25(9-13(2)28-12)10-16(26)11-27-17-6-14(18-3-4-23-24-18)5-15(7-17)19(20,21)22/h3-7,12-13,16,26H,8-11H2,1-2H3,(H,23,24)/t12-,13+,16?. The second kappa shape index (κ2) is 8.50. The smallest absolute Gasteiger partial charge is 0.416 e. The van der Waals surface area contributed by atoms with E-state index in [2.05, 4.69) is 15.1 Å². The van der Waals surface area contributed by atoms with Crippen LogP contribution in [-0.2, 0) is 10.9 Å². The molecule has 1 aliphatic heterocycles. The first-order valence-corrected chi connectivity index (χ1v) is 9.11. The van der Waals surface area contributed by atoms with Crippen molar-refractivity contribution in [3.8, 4) is 17.0 Å². The van der Waals surface area contributed by atoms with Crippen molar-refractivity contribution in [3.63, 3.8) is 0 Å². The Morgan fingerprint density at radius 1 is 1.29 bits per heavy atom. The number of alkyl halides is 3. The summed E-state index contributed by atoms with van der Waals surface area (Å²) in [4.78, 5) is 2.06. The Hall–Kier alpha value is -2.10. The number of hydrogen-bond acceptors (Lipinski definition) is 5. The summed E-state index contributed by atoms with van der Waals surface area (Å²) in [5.41, 5.74) is -0.0552. The van der Waals surface area contributed by atoms with Crippen LogP contribution in [0.5, 0.6) is 5.75 Å². The van der Waals surface area contributed by atoms with Crippen LogP contribution in [0.4, 0.5) is 13.2 Å². The fourth-order valence-electron chi connectivity index (χ4n) is 3.39. The molecule has 0 aliphatic carbocycles. The van der Waals surface area contributed by atoms with Crippen LogP contribution in [-0.4, -0.2) is 64.8 Å². The quantitative estimate of drug-likeness (QED) is 0.782. The lowest BCUT2D eigenvalue weighted by molar-refractivity contribution is -0.137. The van der Waals surface area contributed by atoms with E-state index in [-0.39, 0.29) is 24.6 Å². The summed E-state index contributed by atoms with van der Waals surface area (Å²) < 4.78 is 50.8. The summed E-state index contributed by atoms with van der Waals surface area (Å²) >= 11 is 0. The lowest BCUT2D eigenvalue weighted by Gasteiger charge is -2.36. The predicted octanol–water partition coefficient (Wildman–Crippen LogP) is 2.94. The Kier molecular flexibility index (Phi) is 6.26. The van der Waals surface area contributed by atoms with Gasteiger partial charge in [-0.1, -0.05) is 0 Å². The number of benzene rings is 1. The SMILES string of the molecule is C[C@@H]1CN(CC(O)COc2cc(-c3ccn[nH]3)cc(C(F)(F)F)c2)C[C@H](C)O1. The number of β-amino-alcohol motifs (C(OH)–C–C–N with tert-alkyl or cyclic N) is 1. The molecule has 2 aromatic rings. The molecule has 0 radical (unpaired) electrons. The van der Waals surface area contributed by atoms with Gasteiger partial charge in [0.25, 0.3) is 0 Å². The molecule has 1 unspecified atom stereocenters. The molecule has 9 heteroatoms. The number of aromatic nitrogens is 2. The summed E-state index contributed by atoms with van der Waals surface area (Å²) in [5, 5.41) is 16.7. The molecule has 28 heavy (non-hydrogen) atoms. The van der Waals surface area contributed by atoms with E-state index in [4.69, 9.17) is 9.47 Å². The average molecular weight is 399 g/mol. The molecular weight excluding hydrogens is 375 g/mol. The molecule has 1 fully saturated rings. The van der Waals surface area contributed by atoms with Crippen LogP contribution in [0.3, 0.4) is 0 Å². The van der Waals surface area contributed by atoms with Crippen molar-refractivity contribution < 1.29 is 27.8 Å². The number of nitrogens with one attached hydrogen (secondary N) is 1. The van der Waals surface area contributed by atoms with Gasteiger partial charge in [0.05, 0.1) is 23.5 Å². The largest absolute Gasteiger partial charge is 0.491 e. The van der Waals surface area contributed by atoms with Crippen molar-refractivity contribution in [2.75, 3.05) is 26.2 Å². The van der Waals surface area contributed by atoms with Crippen LogP contribution >= 0.6 is 0 Å². The first kappa shape index (κ1) is 20.6. The Morgan fingerprint density at radius 3 is 2.61 bits per heavy atom. The highest BCUT2D eigenvalue weighted by Gasteiger charge is 2.32. The Balaban J connectivity index is 1.67. The van der Waals surface area contributed by atoms with Gasteiger partial charge in [0.2, 0.25) is 0 Å². The molecule has 0 amide bonds. The molecular formula is C19H24F3N3O3. The van der Waals surface area contributed by atoms with Crippen molar-refractivity contribution in [2.24, 2.45) is 0 Å². The van der Waals surface area contributed by atoms with Crippen molar-refractivity contribution in [1.29, 1.82) is 0 Å². The van der Waals surface area contributed by atoms with Gasteiger partial charge in [-0.05, 0) is 38.1 Å². The maximum absolute atomic E-state index is 13.2. The average Bonchev–Trinajstić information content (AvgIpc) is 3.13. The zero-order chi connectivity index (χ0) is 20.3. The minimum atomic E-state index is -4.51. The van der Waals surface area contributed by atoms with Gasteiger partial charge in [0.1, 0.15) is 18.5 Å². The van der Waals surface area contributed by atoms with E-state index >= 15 is 0 Å². The van der Waals surface area contributed by atoms with Crippen LogP contribution in [0.2, 0.25) is 0 Å².